The summed E-state index contributed by atoms with van der Waals surface area (Å²) in [5.41, 5.74) is 3.27. The molecule has 1 aromatic rings. The van der Waals surface area contributed by atoms with Crippen LogP contribution < -0.4 is 5.32 Å². The molecule has 2 unspecified atom stereocenters. The molecule has 1 saturated carbocycles. The van der Waals surface area contributed by atoms with Crippen LogP contribution in [-0.2, 0) is 6.42 Å². The summed E-state index contributed by atoms with van der Waals surface area (Å²) in [5.74, 6) is 1.66. The molecular formula is C20H31N. The van der Waals surface area contributed by atoms with Gasteiger partial charge in [-0.05, 0) is 68.0 Å². The van der Waals surface area contributed by atoms with E-state index in [1.54, 1.807) is 11.1 Å². The lowest BCUT2D eigenvalue weighted by molar-refractivity contribution is 0.229. The van der Waals surface area contributed by atoms with Crippen LogP contribution >= 0.6 is 0 Å². The monoisotopic (exact) mass is 285 g/mol. The van der Waals surface area contributed by atoms with Gasteiger partial charge in [0.15, 0.2) is 0 Å². The Morgan fingerprint density at radius 2 is 1.86 bits per heavy atom. The first-order valence-corrected chi connectivity index (χ1v) is 9.21. The highest BCUT2D eigenvalue weighted by Crippen LogP contribution is 2.40. The van der Waals surface area contributed by atoms with E-state index in [4.69, 9.17) is 0 Å². The third kappa shape index (κ3) is 3.51. The molecular weight excluding hydrogens is 254 g/mol. The highest BCUT2D eigenvalue weighted by atomic mass is 14.9. The smallest absolute Gasteiger partial charge is 0.0164 e. The van der Waals surface area contributed by atoms with Gasteiger partial charge in [0, 0.05) is 6.04 Å². The Labute approximate surface area is 130 Å². The van der Waals surface area contributed by atoms with E-state index in [-0.39, 0.29) is 0 Å². The number of rotatable bonds is 5. The normalized spacial score (nSPS) is 24.5. The van der Waals surface area contributed by atoms with Gasteiger partial charge in [-0.25, -0.2) is 0 Å². The minimum Gasteiger partial charge on any atom is -0.313 e. The van der Waals surface area contributed by atoms with Gasteiger partial charge < -0.3 is 5.32 Å². The van der Waals surface area contributed by atoms with E-state index >= 15 is 0 Å². The molecule has 2 atom stereocenters. The second-order valence-corrected chi connectivity index (χ2v) is 7.08. The van der Waals surface area contributed by atoms with E-state index in [0.717, 1.165) is 11.8 Å². The third-order valence-corrected chi connectivity index (χ3v) is 5.64. The molecule has 0 saturated heterocycles. The first-order valence-electron chi connectivity index (χ1n) is 9.21. The molecule has 2 aliphatic rings. The number of hydrogen-bond acceptors (Lipinski definition) is 1. The summed E-state index contributed by atoms with van der Waals surface area (Å²) in [6, 6.07) is 9.94. The van der Waals surface area contributed by atoms with Crippen molar-refractivity contribution in [1.82, 2.24) is 5.32 Å². The van der Waals surface area contributed by atoms with Gasteiger partial charge in [0.1, 0.15) is 0 Å². The summed E-state index contributed by atoms with van der Waals surface area (Å²) in [4.78, 5) is 0. The van der Waals surface area contributed by atoms with E-state index in [2.05, 4.69) is 36.5 Å². The standard InChI is InChI=1S/C20H31N/c1-2-15-21-20(17-10-4-3-5-11-17)19-14-8-12-16-9-6-7-13-18(16)19/h6-7,9,13,17,19-21H,2-5,8,10-12,14-15H2,1H3. The molecule has 0 radical (unpaired) electrons. The molecule has 1 heteroatoms. The summed E-state index contributed by atoms with van der Waals surface area (Å²) in [6.07, 6.45) is 12.5. The average molecular weight is 285 g/mol. The second-order valence-electron chi connectivity index (χ2n) is 7.08. The van der Waals surface area contributed by atoms with E-state index in [0.29, 0.717) is 6.04 Å². The van der Waals surface area contributed by atoms with Crippen LogP contribution in [0.1, 0.15) is 75.3 Å². The number of benzene rings is 1. The van der Waals surface area contributed by atoms with Gasteiger partial charge in [-0.3, -0.25) is 0 Å². The van der Waals surface area contributed by atoms with Crippen LogP contribution in [0.2, 0.25) is 0 Å². The quantitative estimate of drug-likeness (QED) is 0.798. The first-order chi connectivity index (χ1) is 10.4. The highest BCUT2D eigenvalue weighted by Gasteiger charge is 2.33. The van der Waals surface area contributed by atoms with Gasteiger partial charge in [-0.1, -0.05) is 50.5 Å². The number of fused-ring (bicyclic) bond motifs is 1. The van der Waals surface area contributed by atoms with Gasteiger partial charge in [-0.2, -0.15) is 0 Å². The fourth-order valence-electron chi connectivity index (χ4n) is 4.61. The van der Waals surface area contributed by atoms with Crippen LogP contribution in [0.4, 0.5) is 0 Å². The lowest BCUT2D eigenvalue weighted by Gasteiger charge is -2.39. The third-order valence-electron chi connectivity index (χ3n) is 5.64. The van der Waals surface area contributed by atoms with Crippen LogP contribution in [0.25, 0.3) is 0 Å². The molecule has 116 valence electrons. The van der Waals surface area contributed by atoms with Crippen molar-refractivity contribution < 1.29 is 0 Å². The molecule has 0 aromatic heterocycles. The summed E-state index contributed by atoms with van der Waals surface area (Å²) in [7, 11) is 0. The molecule has 0 spiro atoms. The lowest BCUT2D eigenvalue weighted by atomic mass is 9.71. The fraction of sp³-hybridized carbons (Fsp3) is 0.700. The maximum atomic E-state index is 3.95. The summed E-state index contributed by atoms with van der Waals surface area (Å²) >= 11 is 0. The van der Waals surface area contributed by atoms with Crippen molar-refractivity contribution in [2.24, 2.45) is 5.92 Å². The van der Waals surface area contributed by atoms with Crippen molar-refractivity contribution in [2.75, 3.05) is 6.54 Å². The van der Waals surface area contributed by atoms with Crippen molar-refractivity contribution >= 4 is 0 Å². The number of nitrogens with one attached hydrogen (secondary N) is 1. The molecule has 0 aliphatic heterocycles. The van der Waals surface area contributed by atoms with E-state index in [1.165, 1.54) is 64.3 Å². The Hall–Kier alpha value is -0.820. The van der Waals surface area contributed by atoms with Gasteiger partial charge >= 0.3 is 0 Å². The molecule has 1 fully saturated rings. The number of aryl methyl sites for hydroxylation is 1. The van der Waals surface area contributed by atoms with Crippen LogP contribution in [0.5, 0.6) is 0 Å². The molecule has 0 bridgehead atoms. The van der Waals surface area contributed by atoms with Crippen molar-refractivity contribution in [3.05, 3.63) is 35.4 Å². The van der Waals surface area contributed by atoms with Gasteiger partial charge in [0.25, 0.3) is 0 Å². The van der Waals surface area contributed by atoms with Crippen LogP contribution in [0.3, 0.4) is 0 Å². The van der Waals surface area contributed by atoms with Crippen LogP contribution in [-0.4, -0.2) is 12.6 Å². The Morgan fingerprint density at radius 3 is 2.67 bits per heavy atom. The van der Waals surface area contributed by atoms with Crippen LogP contribution in [0.15, 0.2) is 24.3 Å². The molecule has 1 aromatic carbocycles. The maximum Gasteiger partial charge on any atom is 0.0164 e. The Kier molecular flexibility index (Phi) is 5.35. The van der Waals surface area contributed by atoms with Gasteiger partial charge in [0.05, 0.1) is 0 Å². The van der Waals surface area contributed by atoms with E-state index in [1.807, 2.05) is 0 Å². The summed E-state index contributed by atoms with van der Waals surface area (Å²) in [6.45, 7) is 3.47. The highest BCUT2D eigenvalue weighted by molar-refractivity contribution is 5.34. The topological polar surface area (TPSA) is 12.0 Å². The number of hydrogen-bond donors (Lipinski definition) is 1. The fourth-order valence-corrected chi connectivity index (χ4v) is 4.61. The second kappa shape index (κ2) is 7.45. The molecule has 1 nitrogen and oxygen atoms in total. The van der Waals surface area contributed by atoms with Gasteiger partial charge in [0.2, 0.25) is 0 Å². The zero-order valence-electron chi connectivity index (χ0n) is 13.6. The zero-order chi connectivity index (χ0) is 14.5. The van der Waals surface area contributed by atoms with Gasteiger partial charge in [-0.15, -0.1) is 0 Å². The zero-order valence-corrected chi connectivity index (χ0v) is 13.6. The molecule has 0 amide bonds. The van der Waals surface area contributed by atoms with Crippen molar-refractivity contribution in [1.29, 1.82) is 0 Å². The van der Waals surface area contributed by atoms with Crippen molar-refractivity contribution in [3.63, 3.8) is 0 Å². The molecule has 0 heterocycles. The van der Waals surface area contributed by atoms with Crippen molar-refractivity contribution in [2.45, 2.75) is 76.7 Å². The summed E-state index contributed by atoms with van der Waals surface area (Å²) in [5, 5.41) is 3.95. The van der Waals surface area contributed by atoms with Crippen molar-refractivity contribution in [3.8, 4) is 0 Å². The van der Waals surface area contributed by atoms with E-state index in [9.17, 15) is 0 Å². The first kappa shape index (κ1) is 15.1. The minimum atomic E-state index is 0.715. The van der Waals surface area contributed by atoms with E-state index < -0.39 is 0 Å². The predicted molar refractivity (Wildman–Crippen MR) is 90.8 cm³/mol. The largest absolute Gasteiger partial charge is 0.313 e. The van der Waals surface area contributed by atoms with Crippen LogP contribution in [0, 0.1) is 5.92 Å². The Morgan fingerprint density at radius 1 is 1.05 bits per heavy atom. The summed E-state index contributed by atoms with van der Waals surface area (Å²) < 4.78 is 0. The maximum absolute atomic E-state index is 3.95. The molecule has 2 aliphatic carbocycles. The molecule has 3 rings (SSSR count). The SMILES string of the molecule is CCCNC(C1CCCCC1)C1CCCc2ccccc21. The average Bonchev–Trinajstić information content (AvgIpc) is 2.56. The molecule has 1 N–H and O–H groups in total. The Bertz CT molecular complexity index is 433. The lowest BCUT2D eigenvalue weighted by Crippen LogP contribution is -2.43. The predicted octanol–water partition coefficient (Wildman–Crippen LogP) is 5.06. The molecule has 21 heavy (non-hydrogen) atoms. The minimum absolute atomic E-state index is 0.715. The Balaban J connectivity index is 1.82.